The second-order valence-corrected chi connectivity index (χ2v) is 10.0. The average Bonchev–Trinajstić information content (AvgIpc) is 2.53. The van der Waals surface area contributed by atoms with Crippen molar-refractivity contribution in [1.29, 1.82) is 0 Å². The molecule has 2 rings (SSSR count). The second kappa shape index (κ2) is 7.36. The van der Waals surface area contributed by atoms with E-state index in [0.29, 0.717) is 5.56 Å². The van der Waals surface area contributed by atoms with Crippen LogP contribution >= 0.6 is 15.9 Å². The van der Waals surface area contributed by atoms with Gasteiger partial charge in [0.15, 0.2) is 9.84 Å². The van der Waals surface area contributed by atoms with Gasteiger partial charge in [-0.25, -0.2) is 8.42 Å². The van der Waals surface area contributed by atoms with Gasteiger partial charge < -0.3 is 10.3 Å². The molecule has 140 valence electrons. The first-order chi connectivity index (χ1) is 12.0. The van der Waals surface area contributed by atoms with Crippen molar-refractivity contribution in [3.05, 3.63) is 62.0 Å². The summed E-state index contributed by atoms with van der Waals surface area (Å²) < 4.78 is 24.8. The van der Waals surface area contributed by atoms with Crippen LogP contribution in [0.1, 0.15) is 30.7 Å². The summed E-state index contributed by atoms with van der Waals surface area (Å²) in [6.07, 6.45) is 0. The van der Waals surface area contributed by atoms with Gasteiger partial charge in [-0.1, -0.05) is 15.9 Å². The molecule has 0 spiro atoms. The number of aromatic amines is 1. The molecular weight excluding hydrogens is 420 g/mol. The Labute approximate surface area is 161 Å². The van der Waals surface area contributed by atoms with Gasteiger partial charge in [-0.2, -0.15) is 0 Å². The number of aromatic nitrogens is 1. The highest BCUT2D eigenvalue weighted by molar-refractivity contribution is 9.10. The molecule has 1 amide bonds. The highest BCUT2D eigenvalue weighted by atomic mass is 79.9. The molecule has 2 aromatic rings. The van der Waals surface area contributed by atoms with Crippen LogP contribution in [-0.2, 0) is 21.2 Å². The Morgan fingerprint density at radius 1 is 1.19 bits per heavy atom. The fraction of sp³-hybridized carbons (Fsp3) is 0.333. The Balaban J connectivity index is 2.25. The van der Waals surface area contributed by atoms with Gasteiger partial charge in [-0.05, 0) is 63.6 Å². The molecule has 6 nitrogen and oxygen atoms in total. The van der Waals surface area contributed by atoms with E-state index in [0.717, 1.165) is 15.7 Å². The highest BCUT2D eigenvalue weighted by Gasteiger charge is 2.42. The quantitative estimate of drug-likeness (QED) is 0.746. The van der Waals surface area contributed by atoms with Gasteiger partial charge in [-0.15, -0.1) is 0 Å². The largest absolute Gasteiger partial charge is 0.350 e. The predicted molar refractivity (Wildman–Crippen MR) is 104 cm³/mol. The van der Waals surface area contributed by atoms with Gasteiger partial charge >= 0.3 is 0 Å². The highest BCUT2D eigenvalue weighted by Crippen LogP contribution is 2.27. The van der Waals surface area contributed by atoms with E-state index in [1.165, 1.54) is 26.0 Å². The lowest BCUT2D eigenvalue weighted by molar-refractivity contribution is -0.123. The van der Waals surface area contributed by atoms with Gasteiger partial charge in [0.2, 0.25) is 5.91 Å². The Morgan fingerprint density at radius 2 is 1.77 bits per heavy atom. The van der Waals surface area contributed by atoms with Crippen LogP contribution in [0, 0.1) is 13.8 Å². The molecule has 0 aliphatic rings. The number of halogens is 1. The van der Waals surface area contributed by atoms with Gasteiger partial charge in [0.05, 0.1) is 4.90 Å². The van der Waals surface area contributed by atoms with Gasteiger partial charge in [0.25, 0.3) is 5.56 Å². The number of nitrogens with one attached hydrogen (secondary N) is 2. The van der Waals surface area contributed by atoms with Crippen molar-refractivity contribution in [1.82, 2.24) is 10.3 Å². The van der Waals surface area contributed by atoms with Crippen LogP contribution in [0.15, 0.2) is 44.5 Å². The maximum absolute atomic E-state index is 12.9. The first kappa shape index (κ1) is 20.4. The molecule has 8 heteroatoms. The number of carbonyl (C=O) groups is 1. The van der Waals surface area contributed by atoms with E-state index in [2.05, 4.69) is 26.2 Å². The second-order valence-electron chi connectivity index (χ2n) is 6.59. The van der Waals surface area contributed by atoms with Crippen LogP contribution in [0.3, 0.4) is 0 Å². The molecule has 0 unspecified atom stereocenters. The van der Waals surface area contributed by atoms with E-state index in [1.54, 1.807) is 32.0 Å². The van der Waals surface area contributed by atoms with Crippen LogP contribution in [0.5, 0.6) is 0 Å². The molecule has 0 aliphatic carbocycles. The zero-order valence-electron chi connectivity index (χ0n) is 15.0. The van der Waals surface area contributed by atoms with Crippen LogP contribution in [0.25, 0.3) is 0 Å². The minimum absolute atomic E-state index is 0.0421. The number of H-pyrrole nitrogens is 1. The molecular formula is C18H21BrN2O4S. The fourth-order valence-electron chi connectivity index (χ4n) is 2.51. The zero-order valence-corrected chi connectivity index (χ0v) is 17.4. The zero-order chi connectivity index (χ0) is 19.7. The van der Waals surface area contributed by atoms with Crippen LogP contribution in [-0.4, -0.2) is 24.1 Å². The summed E-state index contributed by atoms with van der Waals surface area (Å²) in [5.41, 5.74) is 1.57. The summed E-state index contributed by atoms with van der Waals surface area (Å²) in [5, 5.41) is 2.58. The number of benzene rings is 1. The minimum Gasteiger partial charge on any atom is -0.350 e. The number of amides is 1. The maximum Gasteiger partial charge on any atom is 0.253 e. The molecule has 1 aromatic heterocycles. The number of hydrogen-bond acceptors (Lipinski definition) is 4. The number of hydrogen-bond donors (Lipinski definition) is 2. The molecule has 1 aromatic carbocycles. The molecule has 26 heavy (non-hydrogen) atoms. The first-order valence-corrected chi connectivity index (χ1v) is 10.2. The minimum atomic E-state index is -3.90. The lowest BCUT2D eigenvalue weighted by Crippen LogP contribution is -2.48. The number of rotatable bonds is 5. The van der Waals surface area contributed by atoms with Crippen LogP contribution in [0.4, 0.5) is 0 Å². The Bertz CT molecular complexity index is 993. The number of carbonyl (C=O) groups excluding carboxylic acids is 1. The normalized spacial score (nSPS) is 12.0. The molecule has 0 saturated carbocycles. The van der Waals surface area contributed by atoms with Gasteiger partial charge in [-0.3, -0.25) is 9.59 Å². The third kappa shape index (κ3) is 3.91. The summed E-state index contributed by atoms with van der Waals surface area (Å²) in [6, 6.07) is 7.91. The van der Waals surface area contributed by atoms with Crippen molar-refractivity contribution in [2.75, 3.05) is 0 Å². The third-order valence-corrected chi connectivity index (χ3v) is 7.21. The molecule has 0 saturated heterocycles. The topological polar surface area (TPSA) is 96.1 Å². The molecule has 2 N–H and O–H groups in total. The van der Waals surface area contributed by atoms with Crippen molar-refractivity contribution in [2.24, 2.45) is 0 Å². The van der Waals surface area contributed by atoms with E-state index in [9.17, 15) is 18.0 Å². The average molecular weight is 441 g/mol. The van der Waals surface area contributed by atoms with E-state index in [1.807, 2.05) is 0 Å². The van der Waals surface area contributed by atoms with Crippen LogP contribution < -0.4 is 10.9 Å². The molecule has 0 bridgehead atoms. The van der Waals surface area contributed by atoms with Crippen molar-refractivity contribution >= 4 is 31.7 Å². The molecule has 1 heterocycles. The summed E-state index contributed by atoms with van der Waals surface area (Å²) in [4.78, 5) is 27.4. The summed E-state index contributed by atoms with van der Waals surface area (Å²) in [7, 11) is -3.90. The van der Waals surface area contributed by atoms with E-state index < -0.39 is 20.5 Å². The third-order valence-electron chi connectivity index (χ3n) is 4.26. The molecule has 0 atom stereocenters. The monoisotopic (exact) mass is 440 g/mol. The SMILES string of the molecule is Cc1cc(C)c(CNC(=O)C(C)(C)S(=O)(=O)c2ccc(Br)cc2)c(=O)[nH]1. The van der Waals surface area contributed by atoms with E-state index >= 15 is 0 Å². The Kier molecular flexibility index (Phi) is 5.77. The Morgan fingerprint density at radius 3 is 2.31 bits per heavy atom. The summed E-state index contributed by atoms with van der Waals surface area (Å²) >= 11 is 3.25. The van der Waals surface area contributed by atoms with Crippen LogP contribution in [0.2, 0.25) is 0 Å². The summed E-state index contributed by atoms with van der Waals surface area (Å²) in [5.74, 6) is -0.667. The molecule has 0 radical (unpaired) electrons. The van der Waals surface area contributed by atoms with Crippen molar-refractivity contribution in [2.45, 2.75) is 43.9 Å². The predicted octanol–water partition coefficient (Wildman–Crippen LogP) is 2.62. The Hall–Kier alpha value is -1.93. The fourth-order valence-corrected chi connectivity index (χ4v) is 4.18. The number of sulfone groups is 1. The maximum atomic E-state index is 12.9. The standard InChI is InChI=1S/C18H21BrN2O4S/c1-11-9-12(2)21-16(22)15(11)10-20-17(23)18(3,4)26(24,25)14-7-5-13(19)6-8-14/h5-9H,10H2,1-4H3,(H,20,23)(H,21,22). The molecule has 0 aliphatic heterocycles. The lowest BCUT2D eigenvalue weighted by Gasteiger charge is -2.24. The van der Waals surface area contributed by atoms with Gasteiger partial charge in [0, 0.05) is 22.3 Å². The van der Waals surface area contributed by atoms with Crippen molar-refractivity contribution in [3.8, 4) is 0 Å². The van der Waals surface area contributed by atoms with Crippen molar-refractivity contribution in [3.63, 3.8) is 0 Å². The number of pyridine rings is 1. The smallest absolute Gasteiger partial charge is 0.253 e. The first-order valence-electron chi connectivity index (χ1n) is 7.94. The summed E-state index contributed by atoms with van der Waals surface area (Å²) in [6.45, 7) is 6.20. The van der Waals surface area contributed by atoms with E-state index in [-0.39, 0.29) is 17.0 Å². The van der Waals surface area contributed by atoms with Crippen molar-refractivity contribution < 1.29 is 13.2 Å². The molecule has 0 fully saturated rings. The van der Waals surface area contributed by atoms with E-state index in [4.69, 9.17) is 0 Å². The lowest BCUT2D eigenvalue weighted by atomic mass is 10.1. The van der Waals surface area contributed by atoms with Gasteiger partial charge in [0.1, 0.15) is 4.75 Å². The number of aryl methyl sites for hydroxylation is 2.